The van der Waals surface area contributed by atoms with E-state index < -0.39 is 8.80 Å². The third kappa shape index (κ3) is 6.65. The molecule has 120 valence electrons. The molecule has 20 heavy (non-hydrogen) atoms. The van der Waals surface area contributed by atoms with Crippen LogP contribution in [0.4, 0.5) is 0 Å². The maximum absolute atomic E-state index is 6.17. The summed E-state index contributed by atoms with van der Waals surface area (Å²) < 4.78 is 23.9. The Hall–Kier alpha value is 0.0169. The fraction of sp³-hybridized carbons (Fsp3) is 1.00. The Bertz CT molecular complexity index is 241. The van der Waals surface area contributed by atoms with Crippen LogP contribution in [-0.2, 0) is 18.0 Å². The Morgan fingerprint density at radius 3 is 1.60 bits per heavy atom. The summed E-state index contributed by atoms with van der Waals surface area (Å²) in [5.74, 6) is 0. The Morgan fingerprint density at radius 2 is 1.25 bits per heavy atom. The van der Waals surface area contributed by atoms with Crippen molar-refractivity contribution in [1.29, 1.82) is 0 Å². The van der Waals surface area contributed by atoms with Gasteiger partial charge in [-0.15, -0.1) is 0 Å². The highest BCUT2D eigenvalue weighted by Crippen LogP contribution is 2.19. The first-order valence-electron chi connectivity index (χ1n) is 7.66. The number of rotatable bonds is 8. The van der Waals surface area contributed by atoms with Crippen molar-refractivity contribution < 1.29 is 18.0 Å². The van der Waals surface area contributed by atoms with Gasteiger partial charge in [0.25, 0.3) is 0 Å². The standard InChI is InChI=1S/C14H31NO4Si/c1-12(2)17-20(18-13(3)4,19-14(5)6)11-15-7-9-16-10-8-15/h12-14H,7-11H2,1-6H3. The smallest absolute Gasteiger partial charge is 0.379 e. The van der Waals surface area contributed by atoms with Gasteiger partial charge in [0.15, 0.2) is 0 Å². The van der Waals surface area contributed by atoms with Gasteiger partial charge in [-0.05, 0) is 41.5 Å². The van der Waals surface area contributed by atoms with Gasteiger partial charge in [0.05, 0.1) is 19.4 Å². The molecule has 6 heteroatoms. The Kier molecular flexibility index (Phi) is 7.64. The van der Waals surface area contributed by atoms with Crippen molar-refractivity contribution in [3.8, 4) is 0 Å². The van der Waals surface area contributed by atoms with Gasteiger partial charge in [0, 0.05) is 31.4 Å². The van der Waals surface area contributed by atoms with Crippen LogP contribution in [0.5, 0.6) is 0 Å². The number of hydrogen-bond donors (Lipinski definition) is 0. The molecule has 0 N–H and O–H groups in total. The molecule has 0 aromatic carbocycles. The fourth-order valence-electron chi connectivity index (χ4n) is 2.31. The van der Waals surface area contributed by atoms with Crippen LogP contribution >= 0.6 is 0 Å². The van der Waals surface area contributed by atoms with E-state index in [1.807, 2.05) is 41.5 Å². The zero-order valence-electron chi connectivity index (χ0n) is 13.8. The largest absolute Gasteiger partial charge is 0.516 e. The predicted octanol–water partition coefficient (Wildman–Crippen LogP) is 2.07. The summed E-state index contributed by atoms with van der Waals surface area (Å²) in [6.45, 7) is 15.6. The summed E-state index contributed by atoms with van der Waals surface area (Å²) in [6.07, 6.45) is 1.03. The summed E-state index contributed by atoms with van der Waals surface area (Å²) in [6, 6.07) is 0. The Morgan fingerprint density at radius 1 is 0.850 bits per heavy atom. The van der Waals surface area contributed by atoms with Gasteiger partial charge < -0.3 is 18.0 Å². The molecule has 1 aliphatic rings. The van der Waals surface area contributed by atoms with Crippen molar-refractivity contribution >= 4 is 8.80 Å². The van der Waals surface area contributed by atoms with E-state index in [0.717, 1.165) is 32.5 Å². The number of nitrogens with zero attached hydrogens (tertiary/aromatic N) is 1. The zero-order valence-corrected chi connectivity index (χ0v) is 14.8. The molecule has 1 saturated heterocycles. The van der Waals surface area contributed by atoms with Gasteiger partial charge in [0.1, 0.15) is 0 Å². The summed E-state index contributed by atoms with van der Waals surface area (Å²) >= 11 is 0. The molecule has 0 unspecified atom stereocenters. The van der Waals surface area contributed by atoms with Crippen molar-refractivity contribution in [3.05, 3.63) is 0 Å². The van der Waals surface area contributed by atoms with Crippen LogP contribution in [0.15, 0.2) is 0 Å². The van der Waals surface area contributed by atoms with E-state index in [2.05, 4.69) is 4.90 Å². The second kappa shape index (κ2) is 8.46. The molecule has 0 aliphatic carbocycles. The summed E-state index contributed by atoms with van der Waals surface area (Å²) in [5, 5.41) is 0. The molecule has 0 atom stereocenters. The van der Waals surface area contributed by atoms with Crippen LogP contribution < -0.4 is 0 Å². The van der Waals surface area contributed by atoms with Crippen molar-refractivity contribution in [3.63, 3.8) is 0 Å². The molecule has 0 saturated carbocycles. The van der Waals surface area contributed by atoms with Crippen molar-refractivity contribution in [2.75, 3.05) is 32.5 Å². The zero-order chi connectivity index (χ0) is 15.2. The summed E-state index contributed by atoms with van der Waals surface area (Å²) in [4.78, 5) is 2.34. The Labute approximate surface area is 124 Å². The van der Waals surface area contributed by atoms with Crippen LogP contribution in [-0.4, -0.2) is 64.5 Å². The fourth-order valence-corrected chi connectivity index (χ4v) is 5.71. The molecule has 0 spiro atoms. The molecule has 1 heterocycles. The van der Waals surface area contributed by atoms with E-state index >= 15 is 0 Å². The third-order valence-electron chi connectivity index (χ3n) is 2.77. The van der Waals surface area contributed by atoms with Gasteiger partial charge in [-0.25, -0.2) is 0 Å². The van der Waals surface area contributed by atoms with Gasteiger partial charge >= 0.3 is 8.80 Å². The van der Waals surface area contributed by atoms with Crippen molar-refractivity contribution in [1.82, 2.24) is 4.90 Å². The van der Waals surface area contributed by atoms with Crippen LogP contribution in [0.1, 0.15) is 41.5 Å². The first-order chi connectivity index (χ1) is 9.33. The van der Waals surface area contributed by atoms with E-state index in [-0.39, 0.29) is 18.3 Å². The van der Waals surface area contributed by atoms with E-state index in [0.29, 0.717) is 0 Å². The minimum absolute atomic E-state index is 0.0974. The van der Waals surface area contributed by atoms with Crippen LogP contribution in [0, 0.1) is 0 Å². The van der Waals surface area contributed by atoms with Gasteiger partial charge in [-0.1, -0.05) is 0 Å². The maximum atomic E-state index is 6.17. The number of ether oxygens (including phenoxy) is 1. The summed E-state index contributed by atoms with van der Waals surface area (Å²) in [5.41, 5.74) is 0. The predicted molar refractivity (Wildman–Crippen MR) is 81.7 cm³/mol. The minimum atomic E-state index is -2.70. The van der Waals surface area contributed by atoms with Crippen molar-refractivity contribution in [2.45, 2.75) is 59.9 Å². The minimum Gasteiger partial charge on any atom is -0.379 e. The Balaban J connectivity index is 2.80. The lowest BCUT2D eigenvalue weighted by Crippen LogP contribution is -2.59. The maximum Gasteiger partial charge on any atom is 0.516 e. The molecule has 0 amide bonds. The quantitative estimate of drug-likeness (QED) is 0.642. The lowest BCUT2D eigenvalue weighted by atomic mass is 10.5. The molecule has 5 nitrogen and oxygen atoms in total. The number of hydrogen-bond acceptors (Lipinski definition) is 5. The average molecular weight is 305 g/mol. The highest BCUT2D eigenvalue weighted by molar-refractivity contribution is 6.61. The van der Waals surface area contributed by atoms with E-state index in [4.69, 9.17) is 18.0 Å². The monoisotopic (exact) mass is 305 g/mol. The molecule has 0 aromatic rings. The van der Waals surface area contributed by atoms with Crippen LogP contribution in [0.25, 0.3) is 0 Å². The van der Waals surface area contributed by atoms with Gasteiger partial charge in [-0.3, -0.25) is 4.90 Å². The molecule has 0 bridgehead atoms. The highest BCUT2D eigenvalue weighted by Gasteiger charge is 2.46. The number of morpholine rings is 1. The molecule has 1 aliphatic heterocycles. The van der Waals surface area contributed by atoms with Crippen LogP contribution in [0.3, 0.4) is 0 Å². The SMILES string of the molecule is CC(C)O[Si](CN1CCOCC1)(OC(C)C)OC(C)C. The third-order valence-corrected chi connectivity index (χ3v) is 6.09. The van der Waals surface area contributed by atoms with Crippen molar-refractivity contribution in [2.24, 2.45) is 0 Å². The van der Waals surface area contributed by atoms with E-state index in [1.165, 1.54) is 0 Å². The first-order valence-corrected chi connectivity index (χ1v) is 9.60. The topological polar surface area (TPSA) is 40.2 Å². The average Bonchev–Trinajstić information content (AvgIpc) is 2.26. The second-order valence-electron chi connectivity index (χ2n) is 6.07. The molecule has 1 rings (SSSR count). The molecule has 0 radical (unpaired) electrons. The normalized spacial score (nSPS) is 18.4. The van der Waals surface area contributed by atoms with E-state index in [9.17, 15) is 0 Å². The lowest BCUT2D eigenvalue weighted by molar-refractivity contribution is -0.0186. The second-order valence-corrected chi connectivity index (χ2v) is 8.46. The van der Waals surface area contributed by atoms with Crippen LogP contribution in [0.2, 0.25) is 0 Å². The molecule has 1 fully saturated rings. The van der Waals surface area contributed by atoms with Gasteiger partial charge in [-0.2, -0.15) is 0 Å². The molecular weight excluding hydrogens is 274 g/mol. The van der Waals surface area contributed by atoms with Gasteiger partial charge in [0.2, 0.25) is 0 Å². The highest BCUT2D eigenvalue weighted by atomic mass is 28.4. The van der Waals surface area contributed by atoms with E-state index in [1.54, 1.807) is 0 Å². The summed E-state index contributed by atoms with van der Waals surface area (Å²) in [7, 11) is -2.70. The molecule has 0 aromatic heterocycles. The first kappa shape index (κ1) is 18.1. The lowest BCUT2D eigenvalue weighted by Gasteiger charge is -2.38. The molecular formula is C14H31NO4Si.